The van der Waals surface area contributed by atoms with Gasteiger partial charge in [0.25, 0.3) is 0 Å². The van der Waals surface area contributed by atoms with Crippen molar-refractivity contribution in [3.05, 3.63) is 35.4 Å². The molecule has 0 atom stereocenters. The minimum atomic E-state index is -0.471. The zero-order valence-electron chi connectivity index (χ0n) is 14.2. The van der Waals surface area contributed by atoms with Crippen molar-refractivity contribution in [3.8, 4) is 0 Å². The molecular weight excluding hydrogens is 295 g/mol. The molecule has 0 bridgehead atoms. The van der Waals surface area contributed by atoms with Gasteiger partial charge in [0.1, 0.15) is 0 Å². The van der Waals surface area contributed by atoms with Gasteiger partial charge in [0.2, 0.25) is 0 Å². The minimum Gasteiger partial charge on any atom is -1.00 e. The summed E-state index contributed by atoms with van der Waals surface area (Å²) in [5, 5.41) is 0. The molecule has 0 spiro atoms. The molecule has 0 N–H and O–H groups in total. The molecule has 0 amide bonds. The minimum absolute atomic E-state index is 0. The van der Waals surface area contributed by atoms with Crippen molar-refractivity contribution < 1.29 is 71.9 Å². The second kappa shape index (κ2) is 12.4. The Labute approximate surface area is 170 Å². The molecule has 0 radical (unpaired) electrons. The predicted octanol–water partition coefficient (Wildman–Crippen LogP) is 0.717. The van der Waals surface area contributed by atoms with Crippen molar-refractivity contribution in [2.45, 2.75) is 39.5 Å². The van der Waals surface area contributed by atoms with Crippen molar-refractivity contribution in [2.75, 3.05) is 13.2 Å². The molecule has 21 heavy (non-hydrogen) atoms. The number of hydrogen-bond donors (Lipinski definition) is 0. The number of hydrogen-bond acceptors (Lipinski definition) is 4. The number of unbranched alkanes of at least 4 members (excludes halogenated alkanes) is 2. The van der Waals surface area contributed by atoms with Crippen LogP contribution in [0.25, 0.3) is 0 Å². The summed E-state index contributed by atoms with van der Waals surface area (Å²) in [5.74, 6) is -0.942. The molecule has 1 aromatic carbocycles. The molecule has 112 valence electrons. The molecule has 5 heteroatoms. The van der Waals surface area contributed by atoms with Crippen LogP contribution in [0, 0.1) is 0 Å². The molecule has 0 aromatic heterocycles. The predicted molar refractivity (Wildman–Crippen MR) is 77.9 cm³/mol. The van der Waals surface area contributed by atoms with Crippen LogP contribution in [0.5, 0.6) is 0 Å². The van der Waals surface area contributed by atoms with Gasteiger partial charge in [0.15, 0.2) is 0 Å². The summed E-state index contributed by atoms with van der Waals surface area (Å²) in [6.07, 6.45) is 3.53. The average molecular weight is 318 g/mol. The third kappa shape index (κ3) is 7.56. The van der Waals surface area contributed by atoms with Crippen molar-refractivity contribution in [2.24, 2.45) is 0 Å². The van der Waals surface area contributed by atoms with Gasteiger partial charge in [-0.2, -0.15) is 0 Å². The Kier molecular flexibility index (Phi) is 12.2. The van der Waals surface area contributed by atoms with Crippen LogP contribution in [0.1, 0.15) is 61.7 Å². The van der Waals surface area contributed by atoms with Crippen molar-refractivity contribution in [1.29, 1.82) is 0 Å². The summed E-state index contributed by atoms with van der Waals surface area (Å²) < 4.78 is 10.3. The van der Waals surface area contributed by atoms with E-state index in [1.807, 2.05) is 13.8 Å². The number of carbonyl (C=O) groups excluding carboxylic acids is 2. The van der Waals surface area contributed by atoms with Crippen LogP contribution in [0.4, 0.5) is 0 Å². The first-order valence-corrected chi connectivity index (χ1v) is 7.14. The van der Waals surface area contributed by atoms with Crippen molar-refractivity contribution >= 4 is 11.9 Å². The number of carbonyl (C=O) groups is 2. The van der Waals surface area contributed by atoms with Gasteiger partial charge in [0.05, 0.1) is 24.3 Å². The van der Waals surface area contributed by atoms with Crippen LogP contribution in [-0.4, -0.2) is 25.2 Å². The Morgan fingerprint density at radius 1 is 0.905 bits per heavy atom. The molecule has 4 nitrogen and oxygen atoms in total. The summed E-state index contributed by atoms with van der Waals surface area (Å²) in [6.45, 7) is 4.78. The van der Waals surface area contributed by atoms with Crippen LogP contribution in [0.2, 0.25) is 0 Å². The topological polar surface area (TPSA) is 52.6 Å². The van der Waals surface area contributed by atoms with Gasteiger partial charge in [-0.3, -0.25) is 0 Å². The Balaban J connectivity index is 0. The molecule has 0 heterocycles. The SMILES string of the molecule is CCCCOC(=O)c1ccccc1C(=O)OCCCC.[H-].[K+]. The maximum absolute atomic E-state index is 11.9. The van der Waals surface area contributed by atoms with Crippen molar-refractivity contribution in [1.82, 2.24) is 0 Å². The van der Waals surface area contributed by atoms with Crippen molar-refractivity contribution in [3.63, 3.8) is 0 Å². The molecular formula is C16H23KO4. The van der Waals surface area contributed by atoms with Gasteiger partial charge >= 0.3 is 63.3 Å². The van der Waals surface area contributed by atoms with E-state index in [0.717, 1.165) is 25.7 Å². The van der Waals surface area contributed by atoms with Crippen LogP contribution < -0.4 is 51.4 Å². The van der Waals surface area contributed by atoms with E-state index in [0.29, 0.717) is 13.2 Å². The van der Waals surface area contributed by atoms with Gasteiger partial charge < -0.3 is 10.9 Å². The zero-order valence-corrected chi connectivity index (χ0v) is 16.3. The summed E-state index contributed by atoms with van der Waals surface area (Å²) in [5.41, 5.74) is 0.537. The summed E-state index contributed by atoms with van der Waals surface area (Å²) in [4.78, 5) is 23.9. The largest absolute Gasteiger partial charge is 1.00 e. The molecule has 1 rings (SSSR count). The van der Waals surface area contributed by atoms with E-state index >= 15 is 0 Å². The molecule has 0 saturated carbocycles. The number of benzene rings is 1. The van der Waals surface area contributed by atoms with Crippen LogP contribution in [-0.2, 0) is 9.47 Å². The van der Waals surface area contributed by atoms with E-state index in [1.54, 1.807) is 24.3 Å². The third-order valence-corrected chi connectivity index (χ3v) is 2.83. The van der Waals surface area contributed by atoms with Gasteiger partial charge in [-0.1, -0.05) is 38.8 Å². The van der Waals surface area contributed by atoms with Crippen LogP contribution >= 0.6 is 0 Å². The second-order valence-corrected chi connectivity index (χ2v) is 4.52. The molecule has 1 aromatic rings. The monoisotopic (exact) mass is 318 g/mol. The van der Waals surface area contributed by atoms with E-state index in [9.17, 15) is 9.59 Å². The van der Waals surface area contributed by atoms with Gasteiger partial charge in [-0.25, -0.2) is 9.59 Å². The fourth-order valence-corrected chi connectivity index (χ4v) is 1.61. The fraction of sp³-hybridized carbons (Fsp3) is 0.500. The second-order valence-electron chi connectivity index (χ2n) is 4.52. The molecule has 0 unspecified atom stereocenters. The Bertz CT molecular complexity index is 411. The summed E-state index contributed by atoms with van der Waals surface area (Å²) in [7, 11) is 0. The first-order valence-electron chi connectivity index (χ1n) is 7.14. The van der Waals surface area contributed by atoms with E-state index in [-0.39, 0.29) is 63.9 Å². The number of esters is 2. The molecule has 0 aliphatic carbocycles. The van der Waals surface area contributed by atoms with Gasteiger partial charge in [-0.05, 0) is 25.0 Å². The number of ether oxygens (including phenoxy) is 2. The molecule has 0 aliphatic heterocycles. The van der Waals surface area contributed by atoms with E-state index in [1.165, 1.54) is 0 Å². The standard InChI is InChI=1S/C16H22O4.K.H/c1-3-5-11-19-15(17)13-9-7-8-10-14(13)16(18)20-12-6-4-2;;/h7-10H,3-6,11-12H2,1-2H3;;/q;+1;-1. The summed E-state index contributed by atoms with van der Waals surface area (Å²) >= 11 is 0. The van der Waals surface area contributed by atoms with E-state index in [4.69, 9.17) is 9.47 Å². The van der Waals surface area contributed by atoms with E-state index < -0.39 is 11.9 Å². The summed E-state index contributed by atoms with van der Waals surface area (Å²) in [6, 6.07) is 6.59. The third-order valence-electron chi connectivity index (χ3n) is 2.83. The quantitative estimate of drug-likeness (QED) is 0.403. The fourth-order valence-electron chi connectivity index (χ4n) is 1.61. The normalized spacial score (nSPS) is 9.62. The van der Waals surface area contributed by atoms with Crippen LogP contribution in [0.15, 0.2) is 24.3 Å². The van der Waals surface area contributed by atoms with E-state index in [2.05, 4.69) is 0 Å². The average Bonchev–Trinajstić information content (AvgIpc) is 2.47. The van der Waals surface area contributed by atoms with Gasteiger partial charge in [0, 0.05) is 0 Å². The Morgan fingerprint density at radius 3 is 1.62 bits per heavy atom. The van der Waals surface area contributed by atoms with Crippen LogP contribution in [0.3, 0.4) is 0 Å². The number of rotatable bonds is 8. The molecule has 0 fully saturated rings. The first-order chi connectivity index (χ1) is 9.70. The maximum Gasteiger partial charge on any atom is 1.00 e. The Hall–Kier alpha value is -0.204. The molecule has 0 aliphatic rings. The molecule has 0 saturated heterocycles. The van der Waals surface area contributed by atoms with Gasteiger partial charge in [-0.15, -0.1) is 0 Å². The zero-order chi connectivity index (χ0) is 14.8. The first kappa shape index (κ1) is 20.8. The smallest absolute Gasteiger partial charge is 1.00 e. The maximum atomic E-state index is 11.9. The Morgan fingerprint density at radius 2 is 1.29 bits per heavy atom.